The van der Waals surface area contributed by atoms with Crippen LogP contribution in [0.5, 0.6) is 0 Å². The molecule has 2 aliphatic carbocycles. The zero-order chi connectivity index (χ0) is 31.6. The van der Waals surface area contributed by atoms with Crippen LogP contribution in [0.15, 0.2) is 96.1 Å². The summed E-state index contributed by atoms with van der Waals surface area (Å²) in [6, 6.07) is 33.0. The first kappa shape index (κ1) is 36.9. The van der Waals surface area contributed by atoms with E-state index in [4.69, 9.17) is 0 Å². The molecule has 4 heteroatoms. The molecule has 4 aromatic rings. The average molecular weight is 833 g/mol. The van der Waals surface area contributed by atoms with Gasteiger partial charge in [-0.1, -0.05) is 0 Å². The second-order valence-electron chi connectivity index (χ2n) is 15.6. The van der Waals surface area contributed by atoms with Gasteiger partial charge in [0.1, 0.15) is 0 Å². The van der Waals surface area contributed by atoms with E-state index in [0.29, 0.717) is 7.35 Å². The fourth-order valence-corrected chi connectivity index (χ4v) is 40.5. The molecule has 241 valence electrons. The zero-order valence-electron chi connectivity index (χ0n) is 29.3. The molecule has 0 fully saturated rings. The van der Waals surface area contributed by atoms with Gasteiger partial charge in [0, 0.05) is 0 Å². The summed E-state index contributed by atoms with van der Waals surface area (Å²) >= 11 is -2.31. The van der Waals surface area contributed by atoms with E-state index in [1.165, 1.54) is 44.5 Å². The Morgan fingerprint density at radius 2 is 0.870 bits per heavy atom. The molecular weight excluding hydrogens is 782 g/mol. The standard InChI is InChI=1S/2C20H21.C2H7Si.2ClH.Hf/c2*1-14-12-16-6-5-7-18(19(16)13-14)15-8-10-17(11-9-15)20(2,3)4;1-3-2;;;/h2*5-13H,1-4H3;3H,1-2H3;2*1H;. The van der Waals surface area contributed by atoms with Crippen molar-refractivity contribution < 1.29 is 20.6 Å². The normalized spacial score (nSPS) is 17.0. The fraction of sp³-hybridized carbons (Fsp3) is 0.333. The minimum atomic E-state index is -2.31. The molecule has 0 saturated carbocycles. The van der Waals surface area contributed by atoms with Crippen LogP contribution in [0.25, 0.3) is 34.4 Å². The Labute approximate surface area is 299 Å². The number of allylic oxidation sites excluding steroid dienone is 2. The number of benzene rings is 4. The molecule has 0 radical (unpaired) electrons. The van der Waals surface area contributed by atoms with Gasteiger partial charge in [-0.25, -0.2) is 0 Å². The van der Waals surface area contributed by atoms with Crippen LogP contribution in [0.4, 0.5) is 0 Å². The van der Waals surface area contributed by atoms with E-state index in [1.54, 1.807) is 22.3 Å². The molecule has 4 aromatic carbocycles. The first-order chi connectivity index (χ1) is 20.8. The Bertz CT molecular complexity index is 1640. The minimum Gasteiger partial charge on any atom is -0.147 e. The van der Waals surface area contributed by atoms with E-state index < -0.39 is 26.6 Å². The summed E-state index contributed by atoms with van der Waals surface area (Å²) in [5, 5.41) is 0. The topological polar surface area (TPSA) is 0 Å². The zero-order valence-corrected chi connectivity index (χ0v) is 35.7. The van der Waals surface area contributed by atoms with Crippen LogP contribution >= 0.6 is 24.8 Å². The Kier molecular flexibility index (Phi) is 11.1. The second-order valence-corrected chi connectivity index (χ2v) is 43.5. The molecule has 0 spiro atoms. The monoisotopic (exact) mass is 833 g/mol. The van der Waals surface area contributed by atoms with Gasteiger partial charge >= 0.3 is 277 Å². The minimum absolute atomic E-state index is 0. The van der Waals surface area contributed by atoms with Crippen molar-refractivity contribution in [2.75, 3.05) is 0 Å². The molecule has 6 rings (SSSR count). The molecule has 2 atom stereocenters. The van der Waals surface area contributed by atoms with Crippen LogP contribution in [0, 0.1) is 0 Å². The quantitative estimate of drug-likeness (QED) is 0.176. The van der Waals surface area contributed by atoms with E-state index in [9.17, 15) is 0 Å². The van der Waals surface area contributed by atoms with Crippen LogP contribution in [0.3, 0.4) is 0 Å². The number of rotatable bonds is 5. The van der Waals surface area contributed by atoms with Crippen LogP contribution in [0.2, 0.25) is 13.1 Å². The van der Waals surface area contributed by atoms with E-state index in [1.807, 2.05) is 0 Å². The van der Waals surface area contributed by atoms with Crippen LogP contribution in [0.1, 0.15) is 96.1 Å². The predicted octanol–water partition coefficient (Wildman–Crippen LogP) is 12.7. The largest absolute Gasteiger partial charge is 0.147 e. The van der Waals surface area contributed by atoms with Gasteiger partial charge in [0.2, 0.25) is 0 Å². The average Bonchev–Trinajstić information content (AvgIpc) is 3.48. The molecule has 0 aromatic heterocycles. The summed E-state index contributed by atoms with van der Waals surface area (Å²) in [4.78, 5) is 0. The third-order valence-corrected chi connectivity index (χ3v) is 41.5. The number of fused-ring (bicyclic) bond motifs is 2. The smallest absolute Gasteiger partial charge is 0.147 e. The van der Waals surface area contributed by atoms with E-state index in [-0.39, 0.29) is 35.6 Å². The summed E-state index contributed by atoms with van der Waals surface area (Å²) in [7, 11) is 0. The Morgan fingerprint density at radius 3 is 1.17 bits per heavy atom. The number of halogens is 2. The van der Waals surface area contributed by atoms with Gasteiger partial charge in [0.05, 0.1) is 0 Å². The first-order valence-corrected chi connectivity index (χ1v) is 29.7. The molecule has 0 heterocycles. The summed E-state index contributed by atoms with van der Waals surface area (Å²) in [5.74, 6) is -0.886. The van der Waals surface area contributed by atoms with Crippen molar-refractivity contribution in [2.45, 2.75) is 86.7 Å². The van der Waals surface area contributed by atoms with E-state index in [2.05, 4.69) is 166 Å². The van der Waals surface area contributed by atoms with Gasteiger partial charge in [-0.2, -0.15) is 0 Å². The van der Waals surface area contributed by atoms with Gasteiger partial charge < -0.3 is 0 Å². The van der Waals surface area contributed by atoms with Gasteiger partial charge in [-0.15, -0.1) is 24.8 Å². The predicted molar refractivity (Wildman–Crippen MR) is 207 cm³/mol. The Balaban J connectivity index is 0.00000240. The SMILES string of the molecule is CC1=Cc2c(-c3ccc(C(C)(C)C)cc3)cccc2[CH]1[Hf]([CH]1C(C)=Cc2c(-c3ccc(C(C)(C)C)cc3)cccc21)[SiH](C)C.Cl.Cl. The molecule has 0 amide bonds. The van der Waals surface area contributed by atoms with Gasteiger partial charge in [0.15, 0.2) is 0 Å². The Hall–Kier alpha value is -1.97. The molecule has 0 bridgehead atoms. The van der Waals surface area contributed by atoms with Crippen molar-refractivity contribution in [1.82, 2.24) is 0 Å². The van der Waals surface area contributed by atoms with Gasteiger partial charge in [-0.3, -0.25) is 0 Å². The molecule has 0 aliphatic heterocycles. The van der Waals surface area contributed by atoms with E-state index >= 15 is 0 Å². The van der Waals surface area contributed by atoms with Crippen molar-refractivity contribution in [2.24, 2.45) is 0 Å². The van der Waals surface area contributed by atoms with Crippen LogP contribution in [-0.2, 0) is 31.4 Å². The molecular formula is C42H51Cl2HfSi. The number of hydrogen-bond acceptors (Lipinski definition) is 0. The molecule has 2 unspecified atom stereocenters. The van der Waals surface area contributed by atoms with Crippen molar-refractivity contribution in [3.05, 3.63) is 129 Å². The molecule has 0 saturated heterocycles. The van der Waals surface area contributed by atoms with E-state index in [0.717, 1.165) is 0 Å². The third kappa shape index (κ3) is 6.80. The molecule has 2 aliphatic rings. The van der Waals surface area contributed by atoms with Crippen molar-refractivity contribution in [3.63, 3.8) is 0 Å². The van der Waals surface area contributed by atoms with Crippen molar-refractivity contribution in [1.29, 1.82) is 0 Å². The first-order valence-electron chi connectivity index (χ1n) is 16.5. The Morgan fingerprint density at radius 1 is 0.522 bits per heavy atom. The second kappa shape index (κ2) is 13.9. The summed E-state index contributed by atoms with van der Waals surface area (Å²) < 4.78 is 1.34. The summed E-state index contributed by atoms with van der Waals surface area (Å²) in [6.45, 7) is 24.0. The fourth-order valence-electron chi connectivity index (χ4n) is 7.63. The maximum Gasteiger partial charge on any atom is -0.147 e. The van der Waals surface area contributed by atoms with Crippen LogP contribution < -0.4 is 0 Å². The molecule has 46 heavy (non-hydrogen) atoms. The molecule has 0 nitrogen and oxygen atoms in total. The maximum absolute atomic E-state index is 2.67. The summed E-state index contributed by atoms with van der Waals surface area (Å²) in [6.07, 6.45) is 5.13. The van der Waals surface area contributed by atoms with Gasteiger partial charge in [0.25, 0.3) is 0 Å². The maximum atomic E-state index is 2.67. The van der Waals surface area contributed by atoms with Crippen LogP contribution in [-0.4, -0.2) is 5.98 Å². The third-order valence-electron chi connectivity index (χ3n) is 10.0. The van der Waals surface area contributed by atoms with Gasteiger partial charge in [-0.05, 0) is 0 Å². The van der Waals surface area contributed by atoms with Crippen molar-refractivity contribution in [3.8, 4) is 22.3 Å². The molecule has 0 N–H and O–H groups in total. The number of hydrogen-bond donors (Lipinski definition) is 0. The summed E-state index contributed by atoms with van der Waals surface area (Å²) in [5.41, 5.74) is 18.1. The van der Waals surface area contributed by atoms with Crippen molar-refractivity contribution >= 4 is 42.9 Å².